The summed E-state index contributed by atoms with van der Waals surface area (Å²) in [5, 5.41) is 6.71. The number of ketones is 1. The fraction of sp³-hybridized carbons (Fsp3) is 0.234. The molecule has 286 valence electrons. The number of thioether (sulfide) groups is 1. The number of carbonyl (C=O) groups is 3. The fourth-order valence-electron chi connectivity index (χ4n) is 6.22. The van der Waals surface area contributed by atoms with Gasteiger partial charge in [-0.3, -0.25) is 9.59 Å². The SMILES string of the molecule is Cc1oc(-c2ccccc2)nc1CCOc1ccc(CC(CNC(=O)CCc2ccc(SC(C)(C)C=O)cc2)Nc2ccccc2C(=O)c2ccccc2)cc1. The van der Waals surface area contributed by atoms with Crippen molar-refractivity contribution >= 4 is 35.4 Å². The summed E-state index contributed by atoms with van der Waals surface area (Å²) >= 11 is 1.51. The second kappa shape index (κ2) is 19.1. The van der Waals surface area contributed by atoms with Crippen molar-refractivity contribution in [3.63, 3.8) is 0 Å². The van der Waals surface area contributed by atoms with Crippen LogP contribution in [-0.2, 0) is 28.9 Å². The highest BCUT2D eigenvalue weighted by atomic mass is 32.2. The Kier molecular flexibility index (Phi) is 13.6. The van der Waals surface area contributed by atoms with Gasteiger partial charge in [-0.1, -0.05) is 84.9 Å². The molecule has 1 amide bonds. The third kappa shape index (κ3) is 11.3. The Morgan fingerprint density at radius 2 is 1.48 bits per heavy atom. The van der Waals surface area contributed by atoms with Gasteiger partial charge in [0.2, 0.25) is 11.8 Å². The van der Waals surface area contributed by atoms with E-state index in [-0.39, 0.29) is 17.7 Å². The second-order valence-corrected chi connectivity index (χ2v) is 15.9. The van der Waals surface area contributed by atoms with Crippen LogP contribution in [0.3, 0.4) is 0 Å². The van der Waals surface area contributed by atoms with Crippen LogP contribution < -0.4 is 15.4 Å². The molecule has 56 heavy (non-hydrogen) atoms. The molecule has 0 aliphatic rings. The van der Waals surface area contributed by atoms with Crippen LogP contribution in [0.2, 0.25) is 0 Å². The first-order valence-corrected chi connectivity index (χ1v) is 19.7. The van der Waals surface area contributed by atoms with Crippen LogP contribution in [-0.4, -0.2) is 46.9 Å². The quantitative estimate of drug-likeness (QED) is 0.0477. The lowest BCUT2D eigenvalue weighted by atomic mass is 10.00. The Labute approximate surface area is 333 Å². The van der Waals surface area contributed by atoms with Crippen molar-refractivity contribution in [3.8, 4) is 17.2 Å². The van der Waals surface area contributed by atoms with E-state index in [4.69, 9.17) is 9.15 Å². The Hall–Kier alpha value is -5.93. The normalized spacial score (nSPS) is 11.8. The third-order valence-electron chi connectivity index (χ3n) is 9.27. The number of nitrogens with one attached hydrogen (secondary N) is 2. The summed E-state index contributed by atoms with van der Waals surface area (Å²) in [6.07, 6.45) is 3.07. The van der Waals surface area contributed by atoms with Crippen LogP contribution in [0.15, 0.2) is 143 Å². The summed E-state index contributed by atoms with van der Waals surface area (Å²) in [6, 6.07) is 42.3. The average molecular weight is 766 g/mol. The lowest BCUT2D eigenvalue weighted by Crippen LogP contribution is -2.38. The maximum Gasteiger partial charge on any atom is 0.226 e. The van der Waals surface area contributed by atoms with Gasteiger partial charge in [-0.05, 0) is 93.3 Å². The van der Waals surface area contributed by atoms with Crippen LogP contribution >= 0.6 is 11.8 Å². The van der Waals surface area contributed by atoms with Crippen molar-refractivity contribution in [2.75, 3.05) is 18.5 Å². The molecule has 9 heteroatoms. The summed E-state index contributed by atoms with van der Waals surface area (Å²) in [5.41, 5.74) is 5.78. The molecule has 0 spiro atoms. The third-order valence-corrected chi connectivity index (χ3v) is 10.4. The Morgan fingerprint density at radius 3 is 2.20 bits per heavy atom. The molecule has 0 aliphatic carbocycles. The number of nitrogens with zero attached hydrogens (tertiary/aromatic N) is 1. The molecule has 1 aromatic heterocycles. The number of hydrogen-bond acceptors (Lipinski definition) is 8. The topological polar surface area (TPSA) is 111 Å². The summed E-state index contributed by atoms with van der Waals surface area (Å²) in [6.45, 7) is 6.50. The van der Waals surface area contributed by atoms with Gasteiger partial charge in [0.05, 0.1) is 17.0 Å². The Bertz CT molecular complexity index is 2200. The van der Waals surface area contributed by atoms with E-state index in [2.05, 4.69) is 15.6 Å². The van der Waals surface area contributed by atoms with Gasteiger partial charge in [-0.15, -0.1) is 11.8 Å². The number of anilines is 1. The minimum absolute atomic E-state index is 0.0621. The molecule has 1 atom stereocenters. The standard InChI is InChI=1S/C47H47N3O5S/c1-33-42(50-46(55-33)37-14-8-5-9-15-37)28-29-54-39-23-18-35(19-24-39)30-38(49-43-17-11-10-16-41(43)45(53)36-12-6-4-7-13-36)31-48-44(52)27-22-34-20-25-40(26-21-34)56-47(2,3)32-51/h4-21,23-26,32,38,49H,22,27-31H2,1-3H3,(H,48,52). The molecule has 0 fully saturated rings. The van der Waals surface area contributed by atoms with E-state index in [1.165, 1.54) is 11.8 Å². The first-order valence-electron chi connectivity index (χ1n) is 18.9. The van der Waals surface area contributed by atoms with E-state index in [1.54, 1.807) is 0 Å². The maximum atomic E-state index is 13.5. The van der Waals surface area contributed by atoms with Crippen molar-refractivity contribution < 1.29 is 23.5 Å². The number of para-hydroxylation sites is 1. The molecule has 6 aromatic rings. The number of hydrogen-bond donors (Lipinski definition) is 2. The second-order valence-electron chi connectivity index (χ2n) is 14.2. The number of aryl methyl sites for hydroxylation is 2. The predicted molar refractivity (Wildman–Crippen MR) is 224 cm³/mol. The summed E-state index contributed by atoms with van der Waals surface area (Å²) in [7, 11) is 0. The van der Waals surface area contributed by atoms with E-state index in [9.17, 15) is 14.4 Å². The molecular weight excluding hydrogens is 719 g/mol. The Balaban J connectivity index is 1.09. The van der Waals surface area contributed by atoms with Gasteiger partial charge in [0.25, 0.3) is 0 Å². The molecular formula is C47H47N3O5S. The number of rotatable bonds is 19. The molecule has 1 heterocycles. The van der Waals surface area contributed by atoms with Gasteiger partial charge in [0.1, 0.15) is 17.8 Å². The number of amides is 1. The van der Waals surface area contributed by atoms with Crippen LogP contribution in [0.5, 0.6) is 5.75 Å². The molecule has 0 bridgehead atoms. The number of carbonyl (C=O) groups excluding carboxylic acids is 3. The van der Waals surface area contributed by atoms with Crippen LogP contribution in [0.25, 0.3) is 11.5 Å². The summed E-state index contributed by atoms with van der Waals surface area (Å²) < 4.78 is 11.5. The number of benzene rings is 5. The molecule has 2 N–H and O–H groups in total. The monoisotopic (exact) mass is 765 g/mol. The zero-order valence-corrected chi connectivity index (χ0v) is 32.8. The van der Waals surface area contributed by atoms with Crippen molar-refractivity contribution in [1.82, 2.24) is 10.3 Å². The van der Waals surface area contributed by atoms with Crippen LogP contribution in [0.1, 0.15) is 58.8 Å². The van der Waals surface area contributed by atoms with Crippen molar-refractivity contribution in [1.29, 1.82) is 0 Å². The van der Waals surface area contributed by atoms with E-state index >= 15 is 0 Å². The summed E-state index contributed by atoms with van der Waals surface area (Å²) in [4.78, 5) is 43.7. The number of aldehydes is 1. The first-order chi connectivity index (χ1) is 27.2. The molecule has 0 aliphatic heterocycles. The molecule has 8 nitrogen and oxygen atoms in total. The molecule has 1 unspecified atom stereocenters. The molecule has 0 saturated heterocycles. The van der Waals surface area contributed by atoms with Crippen LogP contribution in [0.4, 0.5) is 5.69 Å². The molecule has 5 aromatic carbocycles. The van der Waals surface area contributed by atoms with E-state index in [0.717, 1.165) is 45.1 Å². The highest BCUT2D eigenvalue weighted by Crippen LogP contribution is 2.31. The summed E-state index contributed by atoms with van der Waals surface area (Å²) in [5.74, 6) is 2.00. The van der Waals surface area contributed by atoms with Gasteiger partial charge in [-0.25, -0.2) is 4.98 Å². The maximum absolute atomic E-state index is 13.5. The van der Waals surface area contributed by atoms with E-state index in [0.29, 0.717) is 61.5 Å². The predicted octanol–water partition coefficient (Wildman–Crippen LogP) is 9.34. The van der Waals surface area contributed by atoms with E-state index < -0.39 is 4.75 Å². The van der Waals surface area contributed by atoms with Gasteiger partial charge < -0.3 is 24.6 Å². The van der Waals surface area contributed by atoms with Crippen molar-refractivity contribution in [3.05, 3.63) is 167 Å². The number of oxazole rings is 1. The number of ether oxygens (including phenoxy) is 1. The van der Waals surface area contributed by atoms with Gasteiger partial charge in [0.15, 0.2) is 5.78 Å². The molecule has 0 saturated carbocycles. The smallest absolute Gasteiger partial charge is 0.226 e. The minimum atomic E-state index is -0.497. The van der Waals surface area contributed by atoms with Crippen LogP contribution in [0, 0.1) is 6.92 Å². The zero-order valence-electron chi connectivity index (χ0n) is 32.0. The van der Waals surface area contributed by atoms with Crippen molar-refractivity contribution in [2.24, 2.45) is 0 Å². The Morgan fingerprint density at radius 1 is 0.821 bits per heavy atom. The van der Waals surface area contributed by atoms with Gasteiger partial charge in [-0.2, -0.15) is 0 Å². The lowest BCUT2D eigenvalue weighted by Gasteiger charge is -2.22. The minimum Gasteiger partial charge on any atom is -0.493 e. The highest BCUT2D eigenvalue weighted by Gasteiger charge is 2.20. The van der Waals surface area contributed by atoms with Gasteiger partial charge in [0, 0.05) is 52.7 Å². The lowest BCUT2D eigenvalue weighted by molar-refractivity contribution is -0.121. The van der Waals surface area contributed by atoms with E-state index in [1.807, 2.05) is 154 Å². The molecule has 0 radical (unpaired) electrons. The molecule has 6 rings (SSSR count). The van der Waals surface area contributed by atoms with Crippen molar-refractivity contribution in [2.45, 2.75) is 62.1 Å². The number of aromatic nitrogens is 1. The highest BCUT2D eigenvalue weighted by molar-refractivity contribution is 8.01. The first kappa shape index (κ1) is 39.8. The average Bonchev–Trinajstić information content (AvgIpc) is 3.60. The zero-order chi connectivity index (χ0) is 39.3. The fourth-order valence-corrected chi connectivity index (χ4v) is 7.15. The largest absolute Gasteiger partial charge is 0.493 e. The van der Waals surface area contributed by atoms with Gasteiger partial charge >= 0.3 is 0 Å².